The van der Waals surface area contributed by atoms with Crippen molar-refractivity contribution in [1.29, 1.82) is 0 Å². The van der Waals surface area contributed by atoms with E-state index in [1.807, 2.05) is 37.3 Å². The van der Waals surface area contributed by atoms with Gasteiger partial charge < -0.3 is 15.6 Å². The van der Waals surface area contributed by atoms with Crippen LogP contribution in [0.4, 0.5) is 0 Å². The van der Waals surface area contributed by atoms with Crippen molar-refractivity contribution < 1.29 is 19.4 Å². The molecule has 8 nitrogen and oxygen atoms in total. The van der Waals surface area contributed by atoms with Crippen LogP contribution in [-0.4, -0.2) is 44.1 Å². The molecule has 8 heteroatoms. The fourth-order valence-corrected chi connectivity index (χ4v) is 8.15. The predicted octanol–water partition coefficient (Wildman–Crippen LogP) is 4.31. The molecule has 8 atom stereocenters. The number of rotatable bonds is 6. The van der Waals surface area contributed by atoms with Gasteiger partial charge in [0.25, 0.3) is 0 Å². The lowest BCUT2D eigenvalue weighted by atomic mass is 9.44. The van der Waals surface area contributed by atoms with Crippen molar-refractivity contribution in [2.75, 3.05) is 0 Å². The number of esters is 1. The van der Waals surface area contributed by atoms with Crippen LogP contribution in [-0.2, 0) is 27.4 Å². The Hall–Kier alpha value is -2.84. The first-order chi connectivity index (χ1) is 18.5. The zero-order valence-electron chi connectivity index (χ0n) is 23.6. The summed E-state index contributed by atoms with van der Waals surface area (Å²) in [5, 5.41) is 20.1. The van der Waals surface area contributed by atoms with Crippen molar-refractivity contribution in [2.24, 2.45) is 39.7 Å². The van der Waals surface area contributed by atoms with Gasteiger partial charge in [0.1, 0.15) is 24.1 Å². The molecule has 5 rings (SSSR count). The molecule has 210 valence electrons. The second-order valence-electron chi connectivity index (χ2n) is 12.8. The smallest absolute Gasteiger partial charge is 0.328 e. The summed E-state index contributed by atoms with van der Waals surface area (Å²) in [7, 11) is 0. The molecule has 0 spiro atoms. The molecular weight excluding hydrogens is 492 g/mol. The van der Waals surface area contributed by atoms with Crippen LogP contribution < -0.4 is 5.73 Å². The third kappa shape index (κ3) is 4.36. The van der Waals surface area contributed by atoms with E-state index in [1.165, 1.54) is 4.68 Å². The zero-order chi connectivity index (χ0) is 28.2. The van der Waals surface area contributed by atoms with E-state index in [1.54, 1.807) is 6.20 Å². The molecule has 39 heavy (non-hydrogen) atoms. The van der Waals surface area contributed by atoms with Crippen LogP contribution in [0.1, 0.15) is 65.4 Å². The highest BCUT2D eigenvalue weighted by Crippen LogP contribution is 2.68. The standard InChI is InChI=1S/C31H42N4O4/c1-6-29(4)15-25(30(5)19(2)11-13-31(20(3)28(29)38)14-12-24(36)27(30)31)39-26(37)18-35-17-23(33-34-35)22-9-7-21(16-32)8-10-22/h6-10,17,19-20,25,27-28,38H,1,11-16,18,32H2,2-5H3/t19-,20+,25-,27+,28+,29-,30+,31+/m1/s1. The Morgan fingerprint density at radius 3 is 2.64 bits per heavy atom. The van der Waals surface area contributed by atoms with E-state index >= 15 is 0 Å². The fraction of sp³-hybridized carbons (Fsp3) is 0.613. The summed E-state index contributed by atoms with van der Waals surface area (Å²) >= 11 is 0. The highest BCUT2D eigenvalue weighted by atomic mass is 16.5. The highest BCUT2D eigenvalue weighted by Gasteiger charge is 2.68. The van der Waals surface area contributed by atoms with E-state index in [9.17, 15) is 14.7 Å². The Labute approximate surface area is 231 Å². The van der Waals surface area contributed by atoms with E-state index in [4.69, 9.17) is 10.5 Å². The number of nitrogens with zero attached hydrogens (tertiary/aromatic N) is 3. The van der Waals surface area contributed by atoms with Gasteiger partial charge in [-0.1, -0.05) is 63.2 Å². The summed E-state index contributed by atoms with van der Waals surface area (Å²) in [5.74, 6) is -0.318. The van der Waals surface area contributed by atoms with Crippen LogP contribution >= 0.6 is 0 Å². The molecule has 1 aromatic carbocycles. The topological polar surface area (TPSA) is 120 Å². The Bertz CT molecular complexity index is 1260. The molecule has 2 aromatic rings. The maximum Gasteiger partial charge on any atom is 0.328 e. The number of carbonyl (C=O) groups is 2. The number of Topliss-reactive ketones (excluding diaryl/α,β-unsaturated/α-hetero) is 1. The molecule has 0 amide bonds. The molecule has 0 aliphatic heterocycles. The van der Waals surface area contributed by atoms with E-state index in [0.717, 1.165) is 30.4 Å². The van der Waals surface area contributed by atoms with Gasteiger partial charge in [0.2, 0.25) is 0 Å². The SMILES string of the molecule is C=C[C@]1(C)C[C@@H](OC(=O)Cn2cc(-c3ccc(CN)cc3)nn2)[C@]2(C)[C@H](C)CC[C@]3(CCC(=O)[C@H]32)[C@@H](C)[C@@H]1O. The van der Waals surface area contributed by atoms with Gasteiger partial charge in [-0.05, 0) is 48.5 Å². The van der Waals surface area contributed by atoms with Gasteiger partial charge in [-0.3, -0.25) is 9.59 Å². The third-order valence-corrected chi connectivity index (χ3v) is 10.9. The van der Waals surface area contributed by atoms with Crippen molar-refractivity contribution in [1.82, 2.24) is 15.0 Å². The maximum absolute atomic E-state index is 13.5. The lowest BCUT2D eigenvalue weighted by Gasteiger charge is -2.61. The van der Waals surface area contributed by atoms with E-state index in [-0.39, 0.29) is 35.5 Å². The van der Waals surface area contributed by atoms with Gasteiger partial charge in [0, 0.05) is 35.3 Å². The number of hydrogen-bond donors (Lipinski definition) is 2. The number of ketones is 1. The Morgan fingerprint density at radius 2 is 1.97 bits per heavy atom. The molecule has 3 aliphatic carbocycles. The molecule has 0 radical (unpaired) electrons. The summed E-state index contributed by atoms with van der Waals surface area (Å²) < 4.78 is 7.80. The lowest BCUT2D eigenvalue weighted by Crippen LogP contribution is -2.63. The molecule has 3 fully saturated rings. The number of aromatic nitrogens is 3. The van der Waals surface area contributed by atoms with Gasteiger partial charge in [-0.25, -0.2) is 4.68 Å². The quantitative estimate of drug-likeness (QED) is 0.418. The van der Waals surface area contributed by atoms with Crippen molar-refractivity contribution in [2.45, 2.75) is 85.1 Å². The molecule has 0 saturated heterocycles. The predicted molar refractivity (Wildman–Crippen MR) is 148 cm³/mol. The Kier molecular flexibility index (Phi) is 7.08. The van der Waals surface area contributed by atoms with E-state index in [2.05, 4.69) is 37.7 Å². The van der Waals surface area contributed by atoms with Gasteiger partial charge in [0.05, 0.1) is 12.3 Å². The number of ether oxygens (including phenoxy) is 1. The second-order valence-corrected chi connectivity index (χ2v) is 12.8. The maximum atomic E-state index is 13.5. The molecule has 1 heterocycles. The number of carbonyl (C=O) groups excluding carboxylic acids is 2. The summed E-state index contributed by atoms with van der Waals surface area (Å²) in [4.78, 5) is 27.0. The first-order valence-corrected chi connectivity index (χ1v) is 14.2. The highest BCUT2D eigenvalue weighted by molar-refractivity contribution is 5.85. The molecule has 3 aliphatic rings. The number of aliphatic hydroxyl groups is 1. The van der Waals surface area contributed by atoms with Crippen LogP contribution in [0.5, 0.6) is 0 Å². The van der Waals surface area contributed by atoms with E-state index < -0.39 is 29.0 Å². The van der Waals surface area contributed by atoms with Crippen LogP contribution in [0.25, 0.3) is 11.3 Å². The average Bonchev–Trinajstić information content (AvgIpc) is 3.54. The molecular formula is C31H42N4O4. The summed E-state index contributed by atoms with van der Waals surface area (Å²) in [6.07, 6.45) is 5.84. The van der Waals surface area contributed by atoms with Crippen LogP contribution in [0.2, 0.25) is 0 Å². The van der Waals surface area contributed by atoms with Gasteiger partial charge in [-0.2, -0.15) is 0 Å². The number of nitrogens with two attached hydrogens (primary N) is 1. The second kappa shape index (κ2) is 9.97. The summed E-state index contributed by atoms with van der Waals surface area (Å²) in [5.41, 5.74) is 6.75. The minimum absolute atomic E-state index is 0.0621. The summed E-state index contributed by atoms with van der Waals surface area (Å²) in [6, 6.07) is 7.75. The van der Waals surface area contributed by atoms with Gasteiger partial charge in [-0.15, -0.1) is 11.7 Å². The van der Waals surface area contributed by atoms with Crippen LogP contribution in [0, 0.1) is 34.0 Å². The molecule has 3 N–H and O–H groups in total. The molecule has 1 aromatic heterocycles. The van der Waals surface area contributed by atoms with Crippen molar-refractivity contribution in [3.8, 4) is 11.3 Å². The van der Waals surface area contributed by atoms with Crippen LogP contribution in [0.15, 0.2) is 43.1 Å². The zero-order valence-corrected chi connectivity index (χ0v) is 23.6. The largest absolute Gasteiger partial charge is 0.460 e. The monoisotopic (exact) mass is 534 g/mol. The van der Waals surface area contributed by atoms with Crippen molar-refractivity contribution in [3.63, 3.8) is 0 Å². The van der Waals surface area contributed by atoms with Gasteiger partial charge in [0.15, 0.2) is 0 Å². The Morgan fingerprint density at radius 1 is 1.26 bits per heavy atom. The normalized spacial score (nSPS) is 38.0. The third-order valence-electron chi connectivity index (χ3n) is 10.9. The number of benzene rings is 1. The molecule has 0 unspecified atom stereocenters. The fourth-order valence-electron chi connectivity index (χ4n) is 8.15. The molecule has 3 saturated carbocycles. The first-order valence-electron chi connectivity index (χ1n) is 14.2. The van der Waals surface area contributed by atoms with E-state index in [0.29, 0.717) is 25.1 Å². The lowest BCUT2D eigenvalue weighted by molar-refractivity contribution is -0.207. The number of aliphatic hydroxyl groups excluding tert-OH is 1. The van der Waals surface area contributed by atoms with Gasteiger partial charge >= 0.3 is 5.97 Å². The summed E-state index contributed by atoms with van der Waals surface area (Å²) in [6.45, 7) is 12.9. The van der Waals surface area contributed by atoms with Crippen molar-refractivity contribution in [3.05, 3.63) is 48.7 Å². The first kappa shape index (κ1) is 27.7. The van der Waals surface area contributed by atoms with Crippen LogP contribution in [0.3, 0.4) is 0 Å². The Balaban J connectivity index is 1.44. The minimum atomic E-state index is -0.689. The number of hydrogen-bond acceptors (Lipinski definition) is 7. The molecule has 2 bridgehead atoms. The van der Waals surface area contributed by atoms with Crippen molar-refractivity contribution >= 4 is 11.8 Å². The minimum Gasteiger partial charge on any atom is -0.460 e. The average molecular weight is 535 g/mol.